The largest absolute Gasteiger partial charge is 0.535 e. The number of rotatable bonds is 5. The summed E-state index contributed by atoms with van der Waals surface area (Å²) in [5, 5.41) is 19.2. The van der Waals surface area contributed by atoms with Gasteiger partial charge >= 0.3 is 13.1 Å². The minimum atomic E-state index is -1.18. The number of carboxylic acids is 1. The highest BCUT2D eigenvalue weighted by atomic mass is 19.1. The highest BCUT2D eigenvalue weighted by Crippen LogP contribution is 2.37. The van der Waals surface area contributed by atoms with Crippen molar-refractivity contribution in [2.45, 2.75) is 18.8 Å². The van der Waals surface area contributed by atoms with Crippen LogP contribution in [0.4, 0.5) is 4.39 Å². The molecule has 0 bridgehead atoms. The molecule has 3 rings (SSSR count). The predicted octanol–water partition coefficient (Wildman–Crippen LogP) is 0.147. The monoisotopic (exact) mass is 351 g/mol. The summed E-state index contributed by atoms with van der Waals surface area (Å²) in [6.07, 6.45) is 0.695. The van der Waals surface area contributed by atoms with Crippen LogP contribution in [0.25, 0.3) is 0 Å². The van der Waals surface area contributed by atoms with E-state index in [-0.39, 0.29) is 35.7 Å². The summed E-state index contributed by atoms with van der Waals surface area (Å²) in [6, 6.07) is 3.35. The van der Waals surface area contributed by atoms with Gasteiger partial charge < -0.3 is 30.2 Å². The molecule has 0 radical (unpaired) electrons. The molecule has 1 aromatic rings. The van der Waals surface area contributed by atoms with Crippen molar-refractivity contribution in [2.75, 3.05) is 26.3 Å². The molecule has 1 saturated heterocycles. The highest BCUT2D eigenvalue weighted by Gasteiger charge is 2.34. The lowest BCUT2D eigenvalue weighted by molar-refractivity contribution is 0.0592. The van der Waals surface area contributed by atoms with Gasteiger partial charge in [0.2, 0.25) is 0 Å². The number of ether oxygens (including phenoxy) is 1. The minimum Gasteiger partial charge on any atom is -0.535 e. The van der Waals surface area contributed by atoms with Crippen molar-refractivity contribution in [2.24, 2.45) is 10.7 Å². The van der Waals surface area contributed by atoms with E-state index in [1.54, 1.807) is 17.0 Å². The molecule has 0 unspecified atom stereocenters. The molecule has 0 amide bonds. The summed E-state index contributed by atoms with van der Waals surface area (Å²) >= 11 is 0. The van der Waals surface area contributed by atoms with Crippen molar-refractivity contribution in [3.05, 3.63) is 23.3 Å². The number of alkyl halides is 1. The van der Waals surface area contributed by atoms with Gasteiger partial charge in [-0.05, 0) is 24.4 Å². The molecular weight excluding hydrogens is 332 g/mol. The zero-order valence-corrected chi connectivity index (χ0v) is 13.5. The van der Waals surface area contributed by atoms with E-state index in [2.05, 4.69) is 4.99 Å². The zero-order valence-electron chi connectivity index (χ0n) is 13.5. The van der Waals surface area contributed by atoms with Gasteiger partial charge in [-0.2, -0.15) is 0 Å². The Kier molecular flexibility index (Phi) is 4.98. The number of benzene rings is 1. The van der Waals surface area contributed by atoms with Gasteiger partial charge in [0.25, 0.3) is 0 Å². The Bertz CT molecular complexity index is 696. The standard InChI is InChI=1S/C15H19BFN3O5/c17-5-6-19-15(18)20-7-10(8-20)24-11-2-1-9-3-4-16(23)25-13(9)12(11)14(21)22/h1-2,10,23H,3-8H2,(H2,18,19)(H,21,22). The van der Waals surface area contributed by atoms with Crippen molar-refractivity contribution in [3.63, 3.8) is 0 Å². The van der Waals surface area contributed by atoms with Gasteiger partial charge in [0.05, 0.1) is 19.6 Å². The molecule has 1 fully saturated rings. The zero-order chi connectivity index (χ0) is 18.0. The number of nitrogens with zero attached hydrogens (tertiary/aromatic N) is 2. The second-order valence-corrected chi connectivity index (χ2v) is 5.92. The number of likely N-dealkylation sites (tertiary alicyclic amines) is 1. The Morgan fingerprint density at radius 2 is 2.28 bits per heavy atom. The molecule has 2 aliphatic rings. The number of hydrogen-bond donors (Lipinski definition) is 3. The lowest BCUT2D eigenvalue weighted by Gasteiger charge is -2.40. The first-order valence-corrected chi connectivity index (χ1v) is 8.01. The molecule has 0 spiro atoms. The molecule has 134 valence electrons. The van der Waals surface area contributed by atoms with Crippen LogP contribution in [0.2, 0.25) is 6.32 Å². The number of nitrogens with two attached hydrogens (primary N) is 1. The first kappa shape index (κ1) is 17.3. The van der Waals surface area contributed by atoms with E-state index in [1.807, 2.05) is 0 Å². The maximum Gasteiger partial charge on any atom is 0.522 e. The minimum absolute atomic E-state index is 0.0154. The van der Waals surface area contributed by atoms with E-state index >= 15 is 0 Å². The summed E-state index contributed by atoms with van der Waals surface area (Å²) in [5.74, 6) is -0.595. The maximum atomic E-state index is 12.1. The first-order valence-electron chi connectivity index (χ1n) is 8.01. The van der Waals surface area contributed by atoms with Gasteiger partial charge in [0.15, 0.2) is 5.96 Å². The lowest BCUT2D eigenvalue weighted by Crippen LogP contribution is -2.58. The topological polar surface area (TPSA) is 118 Å². The van der Waals surface area contributed by atoms with Gasteiger partial charge in [-0.15, -0.1) is 0 Å². The Balaban J connectivity index is 1.72. The number of aryl methyl sites for hydroxylation is 1. The number of halogens is 1. The van der Waals surface area contributed by atoms with Crippen LogP contribution < -0.4 is 15.1 Å². The molecule has 0 saturated carbocycles. The van der Waals surface area contributed by atoms with Crippen molar-refractivity contribution in [1.29, 1.82) is 0 Å². The van der Waals surface area contributed by atoms with Crippen LogP contribution >= 0.6 is 0 Å². The fraction of sp³-hybridized carbons (Fsp3) is 0.467. The fourth-order valence-electron chi connectivity index (χ4n) is 2.85. The van der Waals surface area contributed by atoms with E-state index < -0.39 is 19.8 Å². The van der Waals surface area contributed by atoms with Gasteiger partial charge in [0, 0.05) is 0 Å². The van der Waals surface area contributed by atoms with Crippen molar-refractivity contribution >= 4 is 19.0 Å². The maximum absolute atomic E-state index is 12.1. The van der Waals surface area contributed by atoms with E-state index in [9.17, 15) is 19.3 Å². The summed E-state index contributed by atoms with van der Waals surface area (Å²) in [7, 11) is -1.02. The molecule has 2 aliphatic heterocycles. The van der Waals surface area contributed by atoms with Crippen LogP contribution in [0, 0.1) is 0 Å². The number of guanidine groups is 1. The quantitative estimate of drug-likeness (QED) is 0.393. The molecule has 0 atom stereocenters. The average molecular weight is 351 g/mol. The molecule has 10 heteroatoms. The summed E-state index contributed by atoms with van der Waals surface area (Å²) in [5.41, 5.74) is 6.36. The third-order valence-corrected chi connectivity index (χ3v) is 4.15. The summed E-state index contributed by atoms with van der Waals surface area (Å²) in [4.78, 5) is 17.2. The van der Waals surface area contributed by atoms with Gasteiger partial charge in [0.1, 0.15) is 29.8 Å². The molecule has 1 aromatic carbocycles. The van der Waals surface area contributed by atoms with E-state index in [0.717, 1.165) is 5.56 Å². The number of carboxylic acid groups (broad SMARTS) is 1. The van der Waals surface area contributed by atoms with Crippen LogP contribution in [-0.2, 0) is 6.42 Å². The van der Waals surface area contributed by atoms with Gasteiger partial charge in [-0.3, -0.25) is 4.99 Å². The number of aromatic carboxylic acids is 1. The summed E-state index contributed by atoms with van der Waals surface area (Å²) in [6.45, 7) is 0.307. The Morgan fingerprint density at radius 1 is 1.52 bits per heavy atom. The van der Waals surface area contributed by atoms with Gasteiger partial charge in [-0.25, -0.2) is 9.18 Å². The average Bonchev–Trinajstić information content (AvgIpc) is 2.54. The van der Waals surface area contributed by atoms with Crippen molar-refractivity contribution < 1.29 is 28.7 Å². The van der Waals surface area contributed by atoms with Crippen molar-refractivity contribution in [3.8, 4) is 11.5 Å². The molecule has 0 aliphatic carbocycles. The van der Waals surface area contributed by atoms with Crippen LogP contribution in [0.1, 0.15) is 15.9 Å². The Morgan fingerprint density at radius 3 is 2.96 bits per heavy atom. The third-order valence-electron chi connectivity index (χ3n) is 4.15. The number of aliphatic imine (C=N–C) groups is 1. The highest BCUT2D eigenvalue weighted by molar-refractivity contribution is 6.44. The fourth-order valence-corrected chi connectivity index (χ4v) is 2.85. The molecule has 0 aromatic heterocycles. The van der Waals surface area contributed by atoms with Crippen LogP contribution in [0.5, 0.6) is 11.5 Å². The Hall–Kier alpha value is -2.49. The van der Waals surface area contributed by atoms with Crippen molar-refractivity contribution in [1.82, 2.24) is 4.90 Å². The normalized spacial score (nSPS) is 17.6. The number of carbonyl (C=O) groups is 1. The molecular formula is C15H19BFN3O5. The Labute approximate surface area is 144 Å². The predicted molar refractivity (Wildman–Crippen MR) is 89.0 cm³/mol. The van der Waals surface area contributed by atoms with Crippen LogP contribution in [0.15, 0.2) is 17.1 Å². The molecule has 25 heavy (non-hydrogen) atoms. The third kappa shape index (κ3) is 3.63. The lowest BCUT2D eigenvalue weighted by atomic mass is 9.78. The summed E-state index contributed by atoms with van der Waals surface area (Å²) < 4.78 is 23.2. The number of hydrogen-bond acceptors (Lipinski definition) is 5. The van der Waals surface area contributed by atoms with Gasteiger partial charge in [-0.1, -0.05) is 6.07 Å². The first-order chi connectivity index (χ1) is 12.0. The van der Waals surface area contributed by atoms with Crippen LogP contribution in [0.3, 0.4) is 0 Å². The second-order valence-electron chi connectivity index (χ2n) is 5.92. The van der Waals surface area contributed by atoms with E-state index in [1.165, 1.54) is 0 Å². The van der Waals surface area contributed by atoms with E-state index in [0.29, 0.717) is 25.8 Å². The molecule has 2 heterocycles. The van der Waals surface area contributed by atoms with E-state index in [4.69, 9.17) is 15.1 Å². The smallest absolute Gasteiger partial charge is 0.522 e. The number of fused-ring (bicyclic) bond motifs is 1. The molecule has 4 N–H and O–H groups in total. The van der Waals surface area contributed by atoms with Crippen LogP contribution in [-0.4, -0.2) is 66.5 Å². The molecule has 8 nitrogen and oxygen atoms in total. The SMILES string of the molecule is NC(=NCCF)N1CC(Oc2ccc3c(c2C(=O)O)OB(O)CC3)C1. The second kappa shape index (κ2) is 7.18.